The van der Waals surface area contributed by atoms with Crippen molar-refractivity contribution in [2.45, 2.75) is 242 Å². The summed E-state index contributed by atoms with van der Waals surface area (Å²) in [5, 5.41) is 156. The summed E-state index contributed by atoms with van der Waals surface area (Å²) in [4.78, 5) is 107. The molecule has 0 fully saturated rings. The van der Waals surface area contributed by atoms with Crippen LogP contribution in [0, 0.1) is 0 Å². The summed E-state index contributed by atoms with van der Waals surface area (Å²) in [5.74, 6) is -26.2. The topological polar surface area (TPSA) is 719 Å². The molecular formula is C49H84Cl4N12O28P4Pd12. The summed E-state index contributed by atoms with van der Waals surface area (Å²) < 4.78 is 47.0. The quantitative estimate of drug-likeness (QED) is 0.0494. The zero-order chi connectivity index (χ0) is 80.8. The van der Waals surface area contributed by atoms with E-state index in [2.05, 4.69) is 61.0 Å². The molecule has 0 aromatic carbocycles. The maximum atomic E-state index is 12.1. The molecule has 0 aliphatic carbocycles. The Labute approximate surface area is 823 Å². The molecular weight excluding hydrogens is 2750 g/mol. The van der Waals surface area contributed by atoms with Gasteiger partial charge in [0.1, 0.15) is 0 Å². The van der Waals surface area contributed by atoms with Crippen LogP contribution < -0.4 is 61.3 Å². The van der Waals surface area contributed by atoms with Crippen LogP contribution in [-0.2, 0) is 321 Å². The Bertz CT molecular complexity index is 2000. The Balaban J connectivity index is -0.0000000359. The van der Waals surface area contributed by atoms with Crippen molar-refractivity contribution in [1.29, 1.82) is 0 Å². The first-order valence-electron chi connectivity index (χ1n) is 27.2. The molecule has 0 spiro atoms. The second kappa shape index (κ2) is 98.3. The zero-order valence-corrected chi connectivity index (χ0v) is 86.6. The van der Waals surface area contributed by atoms with Gasteiger partial charge in [0.2, 0.25) is 0 Å². The molecule has 0 aliphatic heterocycles. The maximum Gasteiger partial charge on any atom is 2.00 e. The minimum Gasteiger partial charge on any atom is -0.634 e. The van der Waals surface area contributed by atoms with Gasteiger partial charge in [-0.05, 0) is 0 Å². The fraction of sp³-hybridized carbons (Fsp3) is 0.755. The smallest absolute Gasteiger partial charge is 0.634 e. The van der Waals surface area contributed by atoms with Crippen molar-refractivity contribution in [2.24, 2.45) is 0 Å². The number of hydrogen-bond donors (Lipinski definition) is 0. The third kappa shape index (κ3) is 174. The van der Waals surface area contributed by atoms with E-state index in [1.807, 2.05) is 166 Å². The Morgan fingerprint density at radius 2 is 0.220 bits per heavy atom. The maximum absolute atomic E-state index is 12.1. The Morgan fingerprint density at radius 3 is 0.239 bits per heavy atom. The number of alkyl halides is 4. The van der Waals surface area contributed by atoms with Gasteiger partial charge in [-0.1, -0.05) is 213 Å². The van der Waals surface area contributed by atoms with Crippen molar-refractivity contribution >= 4 is 148 Å². The van der Waals surface area contributed by atoms with E-state index >= 15 is 0 Å². The Morgan fingerprint density at radius 1 is 0.183 bits per heavy atom. The zero-order valence-electron chi connectivity index (χ0n) is 61.3. The van der Waals surface area contributed by atoms with Gasteiger partial charge in [-0.25, -0.2) is 30.4 Å². The number of rotatable bonds is 24. The van der Waals surface area contributed by atoms with E-state index in [0.29, 0.717) is 0 Å². The first-order valence-corrected chi connectivity index (χ1v) is 35.0. The standard InChI is InChI=1S/4C9H21N3OP.6C2H2O4.CCl4.12Pd/c4*1-7(2)10-14(13,11-8(3)4)12-9(5)6;6*3-1(4)2(5)6;2-1(3,4)5;;;;;;;;;;;;/h4*7-9H,1-6H3;6*(H,3,4)(H,5,6);;;;;;;;;;;;;/q4*-3;;;;;;;;12*+2/p-12. The van der Waals surface area contributed by atoms with E-state index in [9.17, 15) is 18.3 Å². The Kier molecular flexibility index (Phi) is 157. The van der Waals surface area contributed by atoms with Gasteiger partial charge in [0, 0.05) is 0 Å². The molecule has 60 heteroatoms. The largest absolute Gasteiger partial charge is 2.00 e. The molecule has 0 radical (unpaired) electrons. The van der Waals surface area contributed by atoms with Crippen molar-refractivity contribution in [1.82, 2.24) is 0 Å². The second-order valence-electron chi connectivity index (χ2n) is 20.4. The van der Waals surface area contributed by atoms with Crippen LogP contribution in [0.15, 0.2) is 0 Å². The molecule has 0 aromatic heterocycles. The molecule has 676 valence electrons. The summed E-state index contributed by atoms with van der Waals surface area (Å²) >= 11 is 19.3. The summed E-state index contributed by atoms with van der Waals surface area (Å²) in [7, 11) is -12.1. The molecule has 0 N–H and O–H groups in total. The van der Waals surface area contributed by atoms with Crippen LogP contribution >= 0.6 is 76.8 Å². The van der Waals surface area contributed by atoms with Crippen LogP contribution in [0.25, 0.3) is 61.0 Å². The SMILES string of the molecule is CC(C)[N-]P(=O)([N-]C(C)C)[N-]C(C)C.CC(C)[N-]P(=O)([N-]C(C)C)[N-]C(C)C.CC(C)[N-]P(=O)([N-]C(C)C)[N-]C(C)C.CC(C)[N-]P(=O)([N-]C(C)C)[N-]C(C)C.ClC(Cl)(Cl)Cl.O=C([O-])C(=O)[O-].O=C([O-])C(=O)[O-].O=C([O-])C(=O)[O-].O=C([O-])C(=O)[O-].O=C([O-])C(=O)[O-].O=C([O-])C(=O)[O-].[Pd+2].[Pd+2].[Pd+2].[Pd+2].[Pd+2].[Pd+2].[Pd+2].[Pd+2].[Pd+2].[Pd+2].[Pd+2].[Pd+2]. The van der Waals surface area contributed by atoms with E-state index in [-0.39, 0.29) is 318 Å². The molecule has 0 aliphatic rings. The molecule has 40 nitrogen and oxygen atoms in total. The molecule has 109 heavy (non-hydrogen) atoms. The van der Waals surface area contributed by atoms with Crippen LogP contribution in [0.5, 0.6) is 0 Å². The predicted octanol–water partition coefficient (Wildman–Crippen LogP) is -0.797. The number of aliphatic carboxylic acids is 12. The molecule has 0 saturated heterocycles. The fourth-order valence-electron chi connectivity index (χ4n) is 3.97. The number of carboxylic acids is 12. The van der Waals surface area contributed by atoms with Crippen molar-refractivity contribution in [3.8, 4) is 0 Å². The monoisotopic (exact) mass is 2820 g/mol. The van der Waals surface area contributed by atoms with Gasteiger partial charge in [0.05, 0.1) is 71.6 Å². The normalized spacial score (nSPS) is 9.76. The van der Waals surface area contributed by atoms with Gasteiger partial charge >= 0.3 is 245 Å². The fourth-order valence-corrected chi connectivity index (χ4v) is 11.9. The van der Waals surface area contributed by atoms with Crippen LogP contribution in [0.3, 0.4) is 0 Å². The average molecular weight is 2830 g/mol. The van der Waals surface area contributed by atoms with E-state index in [4.69, 9.17) is 165 Å². The average Bonchev–Trinajstić information content (AvgIpc) is 0.899. The number of carboxylic acid groups (broad SMARTS) is 12. The first-order chi connectivity index (χ1) is 42.9. The van der Waals surface area contributed by atoms with E-state index in [0.717, 1.165) is 0 Å². The molecule has 0 atom stereocenters. The molecule has 0 unspecified atom stereocenters. The van der Waals surface area contributed by atoms with Crippen LogP contribution in [0.1, 0.15) is 166 Å². The molecule has 0 rings (SSSR count). The van der Waals surface area contributed by atoms with Gasteiger partial charge in [-0.15, -0.1) is 72.5 Å². The summed E-state index contributed by atoms with van der Waals surface area (Å²) in [6, 6.07) is 0.0648. The molecule has 0 heterocycles. The second-order valence-corrected chi connectivity index (χ2v) is 30.7. The minimum absolute atomic E-state index is 0. The third-order valence-electron chi connectivity index (χ3n) is 5.58. The van der Waals surface area contributed by atoms with Gasteiger partial charge in [-0.2, -0.15) is 0 Å². The number of carbonyl (C=O) groups excluding carboxylic acids is 12. The van der Waals surface area contributed by atoms with Crippen LogP contribution in [0.2, 0.25) is 0 Å². The van der Waals surface area contributed by atoms with Crippen LogP contribution in [0.4, 0.5) is 0 Å². The van der Waals surface area contributed by atoms with E-state index < -0.39 is 105 Å². The molecule has 0 saturated carbocycles. The van der Waals surface area contributed by atoms with Gasteiger partial charge in [-0.3, -0.25) is 0 Å². The van der Waals surface area contributed by atoms with Gasteiger partial charge in [0.15, 0.2) is 0 Å². The summed E-state index contributed by atoms with van der Waals surface area (Å²) in [5.41, 5.74) is 0. The number of nitrogens with zero attached hydrogens (tertiary/aromatic N) is 12. The van der Waals surface area contributed by atoms with Crippen LogP contribution in [-0.4, -0.2) is 147 Å². The van der Waals surface area contributed by atoms with Crippen molar-refractivity contribution in [3.63, 3.8) is 0 Å². The molecule has 0 amide bonds. The van der Waals surface area contributed by atoms with E-state index in [1.165, 1.54) is 0 Å². The third-order valence-corrected chi connectivity index (χ3v) is 14.7. The van der Waals surface area contributed by atoms with Gasteiger partial charge in [0.25, 0.3) is 3.25 Å². The van der Waals surface area contributed by atoms with Crippen molar-refractivity contribution in [3.05, 3.63) is 61.0 Å². The number of hydrogen-bond acceptors (Lipinski definition) is 28. The molecule has 0 aromatic rings. The summed E-state index contributed by atoms with van der Waals surface area (Å²) in [6.45, 7) is 45.3. The summed E-state index contributed by atoms with van der Waals surface area (Å²) in [6.07, 6.45) is 0. The number of carbonyl (C=O) groups is 12. The predicted molar refractivity (Wildman–Crippen MR) is 339 cm³/mol. The van der Waals surface area contributed by atoms with Crippen molar-refractivity contribution < 1.29 is 382 Å². The minimum atomic E-state index is -3.01. The Hall–Kier alpha value is 3.19. The number of halogens is 4. The van der Waals surface area contributed by atoms with Gasteiger partial charge < -0.3 is 198 Å². The molecule has 0 bridgehead atoms. The first kappa shape index (κ1) is 174. The van der Waals surface area contributed by atoms with Crippen molar-refractivity contribution in [2.75, 3.05) is 0 Å². The van der Waals surface area contributed by atoms with E-state index in [1.54, 1.807) is 0 Å².